The number of nitrogens with zero attached hydrogens (tertiary/aromatic N) is 1. The average Bonchev–Trinajstić information content (AvgIpc) is 2.65. The van der Waals surface area contributed by atoms with E-state index in [-0.39, 0.29) is 11.7 Å². The molecule has 0 radical (unpaired) electrons. The van der Waals surface area contributed by atoms with Crippen LogP contribution in [0.3, 0.4) is 0 Å². The van der Waals surface area contributed by atoms with Crippen molar-refractivity contribution in [3.05, 3.63) is 27.2 Å². The summed E-state index contributed by atoms with van der Waals surface area (Å²) in [4.78, 5) is 14.8. The maximum absolute atomic E-state index is 13.5. The molecule has 2 aromatic rings. The first-order valence-electron chi connectivity index (χ1n) is 5.82. The van der Waals surface area contributed by atoms with E-state index in [9.17, 15) is 9.18 Å². The van der Waals surface area contributed by atoms with Crippen LogP contribution in [0.1, 0.15) is 19.9 Å². The van der Waals surface area contributed by atoms with E-state index in [1.54, 1.807) is 17.6 Å². The molecule has 0 aliphatic rings. The predicted octanol–water partition coefficient (Wildman–Crippen LogP) is 3.30. The summed E-state index contributed by atoms with van der Waals surface area (Å²) in [6.45, 7) is 4.16. The second-order valence-electron chi connectivity index (χ2n) is 4.15. The van der Waals surface area contributed by atoms with Crippen LogP contribution in [0.15, 0.2) is 16.6 Å². The molecule has 7 heteroatoms. The summed E-state index contributed by atoms with van der Waals surface area (Å²) in [5, 5.41) is 2.75. The highest BCUT2D eigenvalue weighted by atomic mass is 79.9. The normalized spacial score (nSPS) is 12.6. The van der Waals surface area contributed by atoms with E-state index in [0.29, 0.717) is 26.8 Å². The van der Waals surface area contributed by atoms with Gasteiger partial charge in [-0.1, -0.05) is 0 Å². The number of hydrogen-bond donors (Lipinski definition) is 2. The lowest BCUT2D eigenvalue weighted by Crippen LogP contribution is -2.30. The molecule has 0 bridgehead atoms. The van der Waals surface area contributed by atoms with Gasteiger partial charge in [0.15, 0.2) is 4.77 Å². The van der Waals surface area contributed by atoms with E-state index in [2.05, 4.69) is 26.2 Å². The van der Waals surface area contributed by atoms with Crippen molar-refractivity contribution in [2.75, 3.05) is 6.54 Å². The zero-order chi connectivity index (χ0) is 14.2. The van der Waals surface area contributed by atoms with E-state index in [1.807, 2.05) is 6.92 Å². The molecule has 0 saturated carbocycles. The van der Waals surface area contributed by atoms with Gasteiger partial charge in [-0.05, 0) is 48.1 Å². The number of halogens is 2. The van der Waals surface area contributed by atoms with Crippen LogP contribution in [0.5, 0.6) is 0 Å². The van der Waals surface area contributed by atoms with Gasteiger partial charge in [-0.3, -0.25) is 4.79 Å². The molecule has 0 aliphatic carbocycles. The predicted molar refractivity (Wildman–Crippen MR) is 78.2 cm³/mol. The van der Waals surface area contributed by atoms with E-state index in [0.717, 1.165) is 0 Å². The second-order valence-corrected chi connectivity index (χ2v) is 5.40. The number of imidazole rings is 1. The number of H-pyrrole nitrogens is 1. The zero-order valence-electron chi connectivity index (χ0n) is 10.5. The number of carbonyl (C=O) groups excluding carboxylic acids is 1. The Bertz CT molecular complexity index is 694. The van der Waals surface area contributed by atoms with Gasteiger partial charge in [0.2, 0.25) is 5.91 Å². The van der Waals surface area contributed by atoms with Crippen molar-refractivity contribution in [2.45, 2.75) is 19.9 Å². The summed E-state index contributed by atoms with van der Waals surface area (Å²) in [6.07, 6.45) is 0. The molecule has 2 rings (SSSR count). The minimum absolute atomic E-state index is 0.125. The average molecular weight is 346 g/mol. The van der Waals surface area contributed by atoms with E-state index >= 15 is 0 Å². The standard InChI is InChI=1S/C12H13BrFN3OS/c1-3-15-11(18)6(2)17-10-4-7(13)8(14)5-9(10)16-12(17)19/h4-6H,3H2,1-2H3,(H,15,18)(H,16,19). The van der Waals surface area contributed by atoms with Crippen LogP contribution < -0.4 is 5.32 Å². The highest BCUT2D eigenvalue weighted by Crippen LogP contribution is 2.25. The summed E-state index contributed by atoms with van der Waals surface area (Å²) in [7, 11) is 0. The number of aromatic amines is 1. The van der Waals surface area contributed by atoms with Crippen molar-refractivity contribution < 1.29 is 9.18 Å². The third-order valence-corrected chi connectivity index (χ3v) is 3.78. The van der Waals surface area contributed by atoms with E-state index < -0.39 is 6.04 Å². The van der Waals surface area contributed by atoms with Crippen molar-refractivity contribution in [3.63, 3.8) is 0 Å². The zero-order valence-corrected chi connectivity index (χ0v) is 12.9. The Morgan fingerprint density at radius 2 is 2.32 bits per heavy atom. The van der Waals surface area contributed by atoms with Gasteiger partial charge in [0.05, 0.1) is 15.5 Å². The van der Waals surface area contributed by atoms with Gasteiger partial charge in [-0.25, -0.2) is 4.39 Å². The van der Waals surface area contributed by atoms with Crippen LogP contribution in [0.4, 0.5) is 4.39 Å². The van der Waals surface area contributed by atoms with Crippen LogP contribution in [0, 0.1) is 10.6 Å². The first-order chi connectivity index (χ1) is 8.95. The van der Waals surface area contributed by atoms with Crippen LogP contribution in [-0.4, -0.2) is 22.0 Å². The number of likely N-dealkylation sites (N-methyl/N-ethyl adjacent to an activating group) is 1. The molecule has 1 atom stereocenters. The Hall–Kier alpha value is -1.21. The summed E-state index contributed by atoms with van der Waals surface area (Å²) < 4.78 is 15.9. The molecule has 1 unspecified atom stereocenters. The molecule has 19 heavy (non-hydrogen) atoms. The first kappa shape index (κ1) is 14.2. The van der Waals surface area contributed by atoms with Gasteiger partial charge in [0, 0.05) is 12.6 Å². The minimum Gasteiger partial charge on any atom is -0.355 e. The molecule has 1 aromatic heterocycles. The summed E-state index contributed by atoms with van der Waals surface area (Å²) in [5.41, 5.74) is 1.26. The fraction of sp³-hybridized carbons (Fsp3) is 0.333. The number of rotatable bonds is 3. The maximum Gasteiger partial charge on any atom is 0.242 e. The first-order valence-corrected chi connectivity index (χ1v) is 7.02. The fourth-order valence-electron chi connectivity index (χ4n) is 1.94. The molecular weight excluding hydrogens is 333 g/mol. The molecule has 4 nitrogen and oxygen atoms in total. The monoisotopic (exact) mass is 345 g/mol. The highest BCUT2D eigenvalue weighted by molar-refractivity contribution is 9.10. The lowest BCUT2D eigenvalue weighted by Gasteiger charge is -2.14. The topological polar surface area (TPSA) is 49.8 Å². The Kier molecular flexibility index (Phi) is 4.05. The Labute approximate surface area is 123 Å². The smallest absolute Gasteiger partial charge is 0.242 e. The SMILES string of the molecule is CCNC(=O)C(C)n1c(=S)[nH]c2cc(F)c(Br)cc21. The number of benzene rings is 1. The molecule has 102 valence electrons. The lowest BCUT2D eigenvalue weighted by atomic mass is 10.2. The van der Waals surface area contributed by atoms with Crippen LogP contribution >= 0.6 is 28.1 Å². The highest BCUT2D eigenvalue weighted by Gasteiger charge is 2.18. The molecule has 2 N–H and O–H groups in total. The molecule has 0 aliphatic heterocycles. The fourth-order valence-corrected chi connectivity index (χ4v) is 2.64. The maximum atomic E-state index is 13.5. The number of hydrogen-bond acceptors (Lipinski definition) is 2. The van der Waals surface area contributed by atoms with Gasteiger partial charge in [0.25, 0.3) is 0 Å². The number of amides is 1. The van der Waals surface area contributed by atoms with Crippen molar-refractivity contribution in [1.82, 2.24) is 14.9 Å². The van der Waals surface area contributed by atoms with Crippen molar-refractivity contribution in [2.24, 2.45) is 0 Å². The number of fused-ring (bicyclic) bond motifs is 1. The Morgan fingerprint density at radius 3 is 2.95 bits per heavy atom. The molecule has 1 heterocycles. The lowest BCUT2D eigenvalue weighted by molar-refractivity contribution is -0.123. The minimum atomic E-state index is -0.460. The largest absolute Gasteiger partial charge is 0.355 e. The van der Waals surface area contributed by atoms with Crippen LogP contribution in [-0.2, 0) is 4.79 Å². The number of nitrogens with one attached hydrogen (secondary N) is 2. The molecule has 1 aromatic carbocycles. The third kappa shape index (κ3) is 2.57. The molecule has 0 saturated heterocycles. The molecule has 1 amide bonds. The van der Waals surface area contributed by atoms with E-state index in [4.69, 9.17) is 12.2 Å². The van der Waals surface area contributed by atoms with Crippen LogP contribution in [0.25, 0.3) is 11.0 Å². The number of aromatic nitrogens is 2. The molecular formula is C12H13BrFN3OS. The van der Waals surface area contributed by atoms with Gasteiger partial charge in [-0.15, -0.1) is 0 Å². The van der Waals surface area contributed by atoms with Crippen molar-refractivity contribution in [1.29, 1.82) is 0 Å². The second kappa shape index (κ2) is 5.42. The van der Waals surface area contributed by atoms with Gasteiger partial charge in [-0.2, -0.15) is 0 Å². The summed E-state index contributed by atoms with van der Waals surface area (Å²) >= 11 is 8.35. The molecule has 0 fully saturated rings. The quantitative estimate of drug-likeness (QED) is 0.838. The van der Waals surface area contributed by atoms with Crippen molar-refractivity contribution >= 4 is 45.1 Å². The number of carbonyl (C=O) groups is 1. The summed E-state index contributed by atoms with van der Waals surface area (Å²) in [5.74, 6) is -0.499. The Morgan fingerprint density at radius 1 is 1.63 bits per heavy atom. The van der Waals surface area contributed by atoms with Crippen molar-refractivity contribution in [3.8, 4) is 0 Å². The molecule has 0 spiro atoms. The van der Waals surface area contributed by atoms with Gasteiger partial charge in [0.1, 0.15) is 11.9 Å². The van der Waals surface area contributed by atoms with Gasteiger partial charge < -0.3 is 14.9 Å². The summed E-state index contributed by atoms with van der Waals surface area (Å²) in [6, 6.07) is 2.52. The third-order valence-electron chi connectivity index (χ3n) is 2.88. The van der Waals surface area contributed by atoms with Crippen LogP contribution in [0.2, 0.25) is 0 Å². The van der Waals surface area contributed by atoms with E-state index in [1.165, 1.54) is 6.07 Å². The van der Waals surface area contributed by atoms with Gasteiger partial charge >= 0.3 is 0 Å². The Balaban J connectivity index is 2.60.